The zero-order valence-corrected chi connectivity index (χ0v) is 11.9. The summed E-state index contributed by atoms with van der Waals surface area (Å²) in [5.74, 6) is 0.815. The quantitative estimate of drug-likeness (QED) is 0.767. The van der Waals surface area contributed by atoms with E-state index in [4.69, 9.17) is 4.74 Å². The summed E-state index contributed by atoms with van der Waals surface area (Å²) in [4.78, 5) is 6.64. The zero-order valence-electron chi connectivity index (χ0n) is 11.9. The van der Waals surface area contributed by atoms with Gasteiger partial charge >= 0.3 is 0 Å². The molecule has 18 heavy (non-hydrogen) atoms. The molecule has 0 bridgehead atoms. The Bertz CT molecular complexity index is 340. The lowest BCUT2D eigenvalue weighted by molar-refractivity contribution is 0.284. The summed E-state index contributed by atoms with van der Waals surface area (Å²) in [7, 11) is 3.66. The van der Waals surface area contributed by atoms with E-state index in [-0.39, 0.29) is 0 Å². The second-order valence-electron chi connectivity index (χ2n) is 4.31. The molecule has 0 aliphatic rings. The SMILES string of the molecule is CCN(CC)CCC(NC)c1cncc(OC)c1. The fourth-order valence-electron chi connectivity index (χ4n) is 2.07. The van der Waals surface area contributed by atoms with Crippen LogP contribution in [0.15, 0.2) is 18.5 Å². The lowest BCUT2D eigenvalue weighted by Crippen LogP contribution is -2.28. The number of aromatic nitrogens is 1. The van der Waals surface area contributed by atoms with Gasteiger partial charge in [0.1, 0.15) is 5.75 Å². The van der Waals surface area contributed by atoms with Crippen molar-refractivity contribution in [3.8, 4) is 5.75 Å². The second kappa shape index (κ2) is 8.06. The first-order chi connectivity index (χ1) is 8.74. The van der Waals surface area contributed by atoms with Crippen molar-refractivity contribution in [3.63, 3.8) is 0 Å². The maximum atomic E-state index is 5.22. The molecule has 1 aromatic rings. The van der Waals surface area contributed by atoms with E-state index in [9.17, 15) is 0 Å². The minimum absolute atomic E-state index is 0.327. The van der Waals surface area contributed by atoms with Crippen LogP contribution in [0.3, 0.4) is 0 Å². The fraction of sp³-hybridized carbons (Fsp3) is 0.643. The van der Waals surface area contributed by atoms with E-state index in [0.717, 1.165) is 31.8 Å². The molecule has 0 aliphatic carbocycles. The van der Waals surface area contributed by atoms with Crippen molar-refractivity contribution in [2.75, 3.05) is 33.8 Å². The van der Waals surface area contributed by atoms with Crippen LogP contribution in [0.25, 0.3) is 0 Å². The van der Waals surface area contributed by atoms with Crippen LogP contribution in [0.5, 0.6) is 5.75 Å². The van der Waals surface area contributed by atoms with Crippen molar-refractivity contribution in [1.29, 1.82) is 0 Å². The molecular weight excluding hydrogens is 226 g/mol. The van der Waals surface area contributed by atoms with E-state index in [2.05, 4.69) is 35.1 Å². The minimum Gasteiger partial charge on any atom is -0.495 e. The zero-order chi connectivity index (χ0) is 13.4. The normalized spacial score (nSPS) is 12.7. The number of nitrogens with zero attached hydrogens (tertiary/aromatic N) is 2. The maximum absolute atomic E-state index is 5.22. The summed E-state index contributed by atoms with van der Waals surface area (Å²) in [6.07, 6.45) is 4.72. The van der Waals surface area contributed by atoms with Crippen LogP contribution < -0.4 is 10.1 Å². The Morgan fingerprint density at radius 2 is 2.06 bits per heavy atom. The van der Waals surface area contributed by atoms with Crippen LogP contribution in [0.2, 0.25) is 0 Å². The maximum Gasteiger partial charge on any atom is 0.137 e. The molecule has 1 unspecified atom stereocenters. The van der Waals surface area contributed by atoms with Crippen molar-refractivity contribution in [2.24, 2.45) is 0 Å². The molecule has 0 aromatic carbocycles. The van der Waals surface area contributed by atoms with Gasteiger partial charge < -0.3 is 15.0 Å². The van der Waals surface area contributed by atoms with Gasteiger partial charge in [0.25, 0.3) is 0 Å². The van der Waals surface area contributed by atoms with Gasteiger partial charge in [0.15, 0.2) is 0 Å². The average molecular weight is 251 g/mol. The predicted octanol–water partition coefficient (Wildman–Crippen LogP) is 2.08. The van der Waals surface area contributed by atoms with Gasteiger partial charge in [-0.15, -0.1) is 0 Å². The third-order valence-electron chi connectivity index (χ3n) is 3.35. The van der Waals surface area contributed by atoms with E-state index < -0.39 is 0 Å². The minimum atomic E-state index is 0.327. The summed E-state index contributed by atoms with van der Waals surface area (Å²) < 4.78 is 5.22. The number of hydrogen-bond acceptors (Lipinski definition) is 4. The number of hydrogen-bond donors (Lipinski definition) is 1. The molecule has 4 heteroatoms. The lowest BCUT2D eigenvalue weighted by atomic mass is 10.1. The van der Waals surface area contributed by atoms with Gasteiger partial charge in [-0.2, -0.15) is 0 Å². The van der Waals surface area contributed by atoms with Gasteiger partial charge in [-0.25, -0.2) is 0 Å². The number of nitrogens with one attached hydrogen (secondary N) is 1. The van der Waals surface area contributed by atoms with E-state index in [1.807, 2.05) is 13.2 Å². The van der Waals surface area contributed by atoms with Crippen molar-refractivity contribution >= 4 is 0 Å². The van der Waals surface area contributed by atoms with Gasteiger partial charge in [-0.1, -0.05) is 13.8 Å². The van der Waals surface area contributed by atoms with Crippen LogP contribution in [0.4, 0.5) is 0 Å². The third-order valence-corrected chi connectivity index (χ3v) is 3.35. The van der Waals surface area contributed by atoms with Gasteiger partial charge in [-0.05, 0) is 44.7 Å². The van der Waals surface area contributed by atoms with Crippen LogP contribution >= 0.6 is 0 Å². The molecule has 1 atom stereocenters. The summed E-state index contributed by atoms with van der Waals surface area (Å²) >= 11 is 0. The van der Waals surface area contributed by atoms with E-state index in [1.165, 1.54) is 5.56 Å². The molecule has 0 radical (unpaired) electrons. The monoisotopic (exact) mass is 251 g/mol. The molecule has 1 aromatic heterocycles. The smallest absolute Gasteiger partial charge is 0.137 e. The van der Waals surface area contributed by atoms with Crippen LogP contribution in [0, 0.1) is 0 Å². The molecule has 0 fully saturated rings. The number of pyridine rings is 1. The first-order valence-electron chi connectivity index (χ1n) is 6.63. The highest BCUT2D eigenvalue weighted by atomic mass is 16.5. The molecule has 0 aliphatic heterocycles. The highest BCUT2D eigenvalue weighted by molar-refractivity contribution is 5.25. The Kier molecular flexibility index (Phi) is 6.68. The molecular formula is C14H25N3O. The second-order valence-corrected chi connectivity index (χ2v) is 4.31. The summed E-state index contributed by atoms with van der Waals surface area (Å²) in [6, 6.07) is 2.38. The van der Waals surface area contributed by atoms with Crippen LogP contribution in [-0.2, 0) is 0 Å². The Balaban J connectivity index is 2.64. The molecule has 0 amide bonds. The molecule has 1 heterocycles. The number of methoxy groups -OCH3 is 1. The van der Waals surface area contributed by atoms with Gasteiger partial charge in [0.05, 0.1) is 13.3 Å². The molecule has 0 spiro atoms. The number of ether oxygens (including phenoxy) is 1. The first kappa shape index (κ1) is 14.9. The summed E-state index contributed by atoms with van der Waals surface area (Å²) in [5, 5.41) is 3.35. The first-order valence-corrected chi connectivity index (χ1v) is 6.63. The third kappa shape index (κ3) is 4.27. The topological polar surface area (TPSA) is 37.4 Å². The molecule has 1 N–H and O–H groups in total. The Hall–Kier alpha value is -1.13. The van der Waals surface area contributed by atoms with Crippen molar-refractivity contribution in [1.82, 2.24) is 15.2 Å². The molecule has 4 nitrogen and oxygen atoms in total. The van der Waals surface area contributed by atoms with E-state index in [1.54, 1.807) is 13.3 Å². The largest absolute Gasteiger partial charge is 0.495 e. The Labute approximate surface area is 110 Å². The standard InChI is InChI=1S/C14H25N3O/c1-5-17(6-2)8-7-14(15-3)12-9-13(18-4)11-16-10-12/h9-11,14-15H,5-8H2,1-4H3. The number of rotatable bonds is 8. The average Bonchev–Trinajstić information content (AvgIpc) is 2.44. The predicted molar refractivity (Wildman–Crippen MR) is 75.0 cm³/mol. The van der Waals surface area contributed by atoms with Gasteiger partial charge in [-0.3, -0.25) is 4.98 Å². The van der Waals surface area contributed by atoms with Gasteiger partial charge in [0, 0.05) is 12.2 Å². The van der Waals surface area contributed by atoms with E-state index in [0.29, 0.717) is 6.04 Å². The lowest BCUT2D eigenvalue weighted by Gasteiger charge is -2.22. The highest BCUT2D eigenvalue weighted by Crippen LogP contribution is 2.20. The van der Waals surface area contributed by atoms with Gasteiger partial charge in [0.2, 0.25) is 0 Å². The van der Waals surface area contributed by atoms with Crippen LogP contribution in [-0.4, -0.2) is 43.7 Å². The molecule has 102 valence electrons. The van der Waals surface area contributed by atoms with E-state index >= 15 is 0 Å². The Morgan fingerprint density at radius 1 is 1.33 bits per heavy atom. The molecule has 0 saturated carbocycles. The molecule has 0 saturated heterocycles. The summed E-state index contributed by atoms with van der Waals surface area (Å²) in [5.41, 5.74) is 1.18. The van der Waals surface area contributed by atoms with Crippen molar-refractivity contribution < 1.29 is 4.74 Å². The molecule has 1 rings (SSSR count). The van der Waals surface area contributed by atoms with Crippen molar-refractivity contribution in [3.05, 3.63) is 24.0 Å². The highest BCUT2D eigenvalue weighted by Gasteiger charge is 2.11. The Morgan fingerprint density at radius 3 is 2.61 bits per heavy atom. The van der Waals surface area contributed by atoms with Crippen LogP contribution in [0.1, 0.15) is 31.9 Å². The fourth-order valence-corrected chi connectivity index (χ4v) is 2.07. The summed E-state index contributed by atoms with van der Waals surface area (Å²) in [6.45, 7) is 7.69. The van der Waals surface area contributed by atoms with Crippen molar-refractivity contribution in [2.45, 2.75) is 26.3 Å².